The Kier molecular flexibility index (Phi) is 5.51. The Balaban J connectivity index is 1.70. The summed E-state index contributed by atoms with van der Waals surface area (Å²) in [6.45, 7) is 1.34. The highest BCUT2D eigenvalue weighted by atomic mass is 16.5. The zero-order valence-corrected chi connectivity index (χ0v) is 11.7. The minimum absolute atomic E-state index is 0.0598. The monoisotopic (exact) mass is 293 g/mol. The van der Waals surface area contributed by atoms with Gasteiger partial charge in [-0.2, -0.15) is 0 Å². The number of nitrogens with one attached hydrogen (secondary N) is 2. The first kappa shape index (κ1) is 15.2. The van der Waals surface area contributed by atoms with Crippen LogP contribution in [0, 0.1) is 0 Å². The van der Waals surface area contributed by atoms with Gasteiger partial charge < -0.3 is 20.5 Å². The van der Waals surface area contributed by atoms with Crippen molar-refractivity contribution in [1.82, 2.24) is 10.3 Å². The van der Waals surface area contributed by atoms with Gasteiger partial charge in [0, 0.05) is 13.2 Å². The van der Waals surface area contributed by atoms with E-state index in [-0.39, 0.29) is 17.8 Å². The molecule has 0 spiro atoms. The first-order chi connectivity index (χ1) is 10.1. The molecule has 2 rings (SSSR count). The highest BCUT2D eigenvalue weighted by molar-refractivity contribution is 5.90. The van der Waals surface area contributed by atoms with Crippen LogP contribution in [0.3, 0.4) is 0 Å². The molecule has 1 aromatic heterocycles. The number of urea groups is 1. The number of carbonyl (C=O) groups excluding carboxylic acids is 1. The number of amides is 2. The lowest BCUT2D eigenvalue weighted by Gasteiger charge is -2.22. The second-order valence-corrected chi connectivity index (χ2v) is 4.90. The number of carboxylic acids is 1. The van der Waals surface area contributed by atoms with E-state index in [0.717, 1.165) is 25.9 Å². The van der Waals surface area contributed by atoms with Crippen molar-refractivity contribution < 1.29 is 19.4 Å². The first-order valence-electron chi connectivity index (χ1n) is 7.01. The second-order valence-electron chi connectivity index (χ2n) is 4.90. The molecule has 0 saturated carbocycles. The molecular formula is C14H19N3O4. The van der Waals surface area contributed by atoms with Gasteiger partial charge in [-0.05, 0) is 37.8 Å². The Morgan fingerprint density at radius 3 is 2.86 bits per heavy atom. The molecule has 1 aliphatic rings. The molecule has 1 fully saturated rings. The molecule has 0 bridgehead atoms. The largest absolute Gasteiger partial charge is 0.477 e. The van der Waals surface area contributed by atoms with Gasteiger partial charge in [-0.15, -0.1) is 0 Å². The van der Waals surface area contributed by atoms with Crippen molar-refractivity contribution in [2.75, 3.05) is 18.5 Å². The van der Waals surface area contributed by atoms with Gasteiger partial charge in [-0.3, -0.25) is 0 Å². The molecule has 2 amide bonds. The standard InChI is InChI=1S/C14H19N3O4/c18-13(19)12-5-4-10(9-16-12)17-14(20)15-7-6-11-3-1-2-8-21-11/h4-5,9,11H,1-3,6-8H2,(H,18,19)(H2,15,17,20). The van der Waals surface area contributed by atoms with Gasteiger partial charge in [0.25, 0.3) is 0 Å². The summed E-state index contributed by atoms with van der Waals surface area (Å²) in [6.07, 6.45) is 5.68. The lowest BCUT2D eigenvalue weighted by molar-refractivity contribution is 0.0120. The zero-order chi connectivity index (χ0) is 15.1. The Labute approximate surface area is 122 Å². The molecule has 114 valence electrons. The molecule has 0 aromatic carbocycles. The van der Waals surface area contributed by atoms with Crippen LogP contribution in [-0.2, 0) is 4.74 Å². The fourth-order valence-electron chi connectivity index (χ4n) is 2.15. The molecule has 1 atom stereocenters. The number of nitrogens with zero attached hydrogens (tertiary/aromatic N) is 1. The van der Waals surface area contributed by atoms with Crippen LogP contribution in [-0.4, -0.2) is 41.3 Å². The van der Waals surface area contributed by atoms with Crippen LogP contribution in [0.1, 0.15) is 36.2 Å². The molecule has 1 saturated heterocycles. The molecule has 3 N–H and O–H groups in total. The average Bonchev–Trinajstić information content (AvgIpc) is 2.49. The quantitative estimate of drug-likeness (QED) is 0.769. The maximum Gasteiger partial charge on any atom is 0.354 e. The van der Waals surface area contributed by atoms with Gasteiger partial charge in [0.2, 0.25) is 0 Å². The van der Waals surface area contributed by atoms with Crippen molar-refractivity contribution in [2.45, 2.75) is 31.8 Å². The number of rotatable bonds is 5. The van der Waals surface area contributed by atoms with Crippen molar-refractivity contribution in [3.05, 3.63) is 24.0 Å². The summed E-state index contributed by atoms with van der Waals surface area (Å²) in [5, 5.41) is 14.1. The highest BCUT2D eigenvalue weighted by Crippen LogP contribution is 2.14. The van der Waals surface area contributed by atoms with Gasteiger partial charge >= 0.3 is 12.0 Å². The minimum atomic E-state index is -1.10. The normalized spacial score (nSPS) is 18.0. The summed E-state index contributed by atoms with van der Waals surface area (Å²) in [5.41, 5.74) is 0.391. The summed E-state index contributed by atoms with van der Waals surface area (Å²) in [4.78, 5) is 26.0. The fraction of sp³-hybridized carbons (Fsp3) is 0.500. The topological polar surface area (TPSA) is 101 Å². The Hall–Kier alpha value is -2.15. The number of carboxylic acid groups (broad SMARTS) is 1. The molecule has 0 aliphatic carbocycles. The molecule has 1 aliphatic heterocycles. The van der Waals surface area contributed by atoms with Crippen LogP contribution >= 0.6 is 0 Å². The van der Waals surface area contributed by atoms with E-state index in [1.165, 1.54) is 24.8 Å². The molecule has 0 radical (unpaired) electrons. The van der Waals surface area contributed by atoms with Crippen LogP contribution in [0.5, 0.6) is 0 Å². The number of carbonyl (C=O) groups is 2. The van der Waals surface area contributed by atoms with Gasteiger partial charge in [-0.25, -0.2) is 14.6 Å². The maximum absolute atomic E-state index is 11.7. The second kappa shape index (κ2) is 7.58. The zero-order valence-electron chi connectivity index (χ0n) is 11.7. The summed E-state index contributed by atoms with van der Waals surface area (Å²) < 4.78 is 5.58. The summed E-state index contributed by atoms with van der Waals surface area (Å²) in [6, 6.07) is 2.50. The van der Waals surface area contributed by atoms with Crippen LogP contribution in [0.25, 0.3) is 0 Å². The third-order valence-electron chi connectivity index (χ3n) is 3.27. The number of anilines is 1. The molecule has 1 unspecified atom stereocenters. The number of ether oxygens (including phenoxy) is 1. The van der Waals surface area contributed by atoms with E-state index >= 15 is 0 Å². The Morgan fingerprint density at radius 1 is 1.38 bits per heavy atom. The smallest absolute Gasteiger partial charge is 0.354 e. The van der Waals surface area contributed by atoms with Crippen molar-refractivity contribution in [3.8, 4) is 0 Å². The van der Waals surface area contributed by atoms with Crippen LogP contribution in [0.15, 0.2) is 18.3 Å². The Bertz CT molecular complexity index is 483. The van der Waals surface area contributed by atoms with Gasteiger partial charge in [0.15, 0.2) is 0 Å². The molecule has 21 heavy (non-hydrogen) atoms. The van der Waals surface area contributed by atoms with E-state index in [4.69, 9.17) is 9.84 Å². The molecular weight excluding hydrogens is 274 g/mol. The van der Waals surface area contributed by atoms with E-state index in [9.17, 15) is 9.59 Å². The van der Waals surface area contributed by atoms with E-state index in [1.807, 2.05) is 0 Å². The van der Waals surface area contributed by atoms with E-state index in [0.29, 0.717) is 12.2 Å². The molecule has 7 heteroatoms. The fourth-order valence-corrected chi connectivity index (χ4v) is 2.15. The van der Waals surface area contributed by atoms with E-state index in [1.54, 1.807) is 0 Å². The van der Waals surface area contributed by atoms with Crippen molar-refractivity contribution >= 4 is 17.7 Å². The van der Waals surface area contributed by atoms with Crippen molar-refractivity contribution in [3.63, 3.8) is 0 Å². The number of aromatic carboxylic acids is 1. The molecule has 2 heterocycles. The summed E-state index contributed by atoms with van der Waals surface area (Å²) in [7, 11) is 0. The van der Waals surface area contributed by atoms with Gasteiger partial charge in [-0.1, -0.05) is 0 Å². The molecule has 1 aromatic rings. The predicted octanol–water partition coefficient (Wildman–Crippen LogP) is 1.86. The highest BCUT2D eigenvalue weighted by Gasteiger charge is 2.13. The number of pyridine rings is 1. The lowest BCUT2D eigenvalue weighted by Crippen LogP contribution is -2.32. The van der Waals surface area contributed by atoms with Gasteiger partial charge in [0.05, 0.1) is 18.0 Å². The van der Waals surface area contributed by atoms with Gasteiger partial charge in [0.1, 0.15) is 5.69 Å². The number of hydrogen-bond donors (Lipinski definition) is 3. The van der Waals surface area contributed by atoms with Crippen molar-refractivity contribution in [2.24, 2.45) is 0 Å². The Morgan fingerprint density at radius 2 is 2.24 bits per heavy atom. The summed E-state index contributed by atoms with van der Waals surface area (Å²) in [5.74, 6) is -1.10. The van der Waals surface area contributed by atoms with Crippen LogP contribution in [0.2, 0.25) is 0 Å². The third kappa shape index (κ3) is 5.03. The number of aromatic nitrogens is 1. The van der Waals surface area contributed by atoms with Crippen molar-refractivity contribution in [1.29, 1.82) is 0 Å². The SMILES string of the molecule is O=C(NCCC1CCCCO1)Nc1ccc(C(=O)O)nc1. The number of hydrogen-bond acceptors (Lipinski definition) is 4. The maximum atomic E-state index is 11.7. The minimum Gasteiger partial charge on any atom is -0.477 e. The predicted molar refractivity (Wildman–Crippen MR) is 76.4 cm³/mol. The summed E-state index contributed by atoms with van der Waals surface area (Å²) >= 11 is 0. The third-order valence-corrected chi connectivity index (χ3v) is 3.27. The lowest BCUT2D eigenvalue weighted by atomic mass is 10.1. The van der Waals surface area contributed by atoms with Crippen LogP contribution < -0.4 is 10.6 Å². The van der Waals surface area contributed by atoms with E-state index in [2.05, 4.69) is 15.6 Å². The first-order valence-corrected chi connectivity index (χ1v) is 7.01. The molecule has 7 nitrogen and oxygen atoms in total. The van der Waals surface area contributed by atoms with Crippen LogP contribution in [0.4, 0.5) is 10.5 Å². The van der Waals surface area contributed by atoms with E-state index < -0.39 is 5.97 Å². The average molecular weight is 293 g/mol.